The molecular weight excluding hydrogens is 418 g/mol. The number of aliphatic carboxylic acids is 1. The molecular formula is C18H14BrN3O3S. The molecule has 0 radical (unpaired) electrons. The van der Waals surface area contributed by atoms with Gasteiger partial charge in [-0.3, -0.25) is 14.6 Å². The van der Waals surface area contributed by atoms with Crippen molar-refractivity contribution in [3.05, 3.63) is 56.9 Å². The van der Waals surface area contributed by atoms with E-state index >= 15 is 0 Å². The summed E-state index contributed by atoms with van der Waals surface area (Å²) >= 11 is 4.81. The zero-order valence-electron chi connectivity index (χ0n) is 13.5. The molecule has 132 valence electrons. The average Bonchev–Trinajstić information content (AvgIpc) is 3.11. The summed E-state index contributed by atoms with van der Waals surface area (Å²) in [7, 11) is 0. The van der Waals surface area contributed by atoms with Gasteiger partial charge in [0.2, 0.25) is 0 Å². The Hall–Kier alpha value is -2.16. The highest BCUT2D eigenvalue weighted by Gasteiger charge is 2.33. The number of rotatable bonds is 3. The minimum atomic E-state index is -0.857. The predicted octanol–water partition coefficient (Wildman–Crippen LogP) is 3.01. The maximum Gasteiger partial charge on any atom is 0.321 e. The Balaban J connectivity index is 1.78. The maximum atomic E-state index is 12.3. The van der Waals surface area contributed by atoms with Crippen molar-refractivity contribution in [2.75, 3.05) is 6.54 Å². The van der Waals surface area contributed by atoms with Crippen molar-refractivity contribution >= 4 is 43.3 Å². The van der Waals surface area contributed by atoms with E-state index in [1.165, 1.54) is 11.3 Å². The second kappa shape index (κ2) is 6.86. The molecule has 0 amide bonds. The second-order valence-corrected chi connectivity index (χ2v) is 8.05. The van der Waals surface area contributed by atoms with Crippen LogP contribution >= 0.6 is 27.3 Å². The predicted molar refractivity (Wildman–Crippen MR) is 104 cm³/mol. The lowest BCUT2D eigenvalue weighted by molar-refractivity contribution is -0.139. The molecule has 0 aliphatic carbocycles. The number of halogens is 1. The average molecular weight is 432 g/mol. The molecule has 2 atom stereocenters. The fourth-order valence-electron chi connectivity index (χ4n) is 3.26. The summed E-state index contributed by atoms with van der Waals surface area (Å²) in [4.78, 5) is 32.3. The van der Waals surface area contributed by atoms with Crippen molar-refractivity contribution in [1.82, 2.24) is 15.3 Å². The van der Waals surface area contributed by atoms with Gasteiger partial charge in [0, 0.05) is 21.3 Å². The van der Waals surface area contributed by atoms with Crippen LogP contribution in [0.15, 0.2) is 45.8 Å². The molecule has 2 N–H and O–H groups in total. The van der Waals surface area contributed by atoms with Gasteiger partial charge in [-0.15, -0.1) is 11.3 Å². The number of pyridine rings is 1. The van der Waals surface area contributed by atoms with Crippen LogP contribution in [0, 0.1) is 0 Å². The van der Waals surface area contributed by atoms with Crippen LogP contribution in [0.2, 0.25) is 0 Å². The Morgan fingerprint density at radius 3 is 2.96 bits per heavy atom. The molecule has 0 bridgehead atoms. The van der Waals surface area contributed by atoms with Gasteiger partial charge in [-0.05, 0) is 48.9 Å². The van der Waals surface area contributed by atoms with Crippen molar-refractivity contribution in [2.45, 2.75) is 18.4 Å². The van der Waals surface area contributed by atoms with Gasteiger partial charge in [0.25, 0.3) is 5.56 Å². The Labute approximate surface area is 161 Å². The molecule has 1 unspecified atom stereocenters. The lowest BCUT2D eigenvalue weighted by Gasteiger charge is -2.16. The second-order valence-electron chi connectivity index (χ2n) is 6.10. The number of carboxylic acids is 1. The first-order valence-electron chi connectivity index (χ1n) is 8.06. The van der Waals surface area contributed by atoms with Crippen LogP contribution in [0.3, 0.4) is 0 Å². The number of benzene rings is 1. The largest absolute Gasteiger partial charge is 0.480 e. The molecule has 3 heterocycles. The van der Waals surface area contributed by atoms with Crippen molar-refractivity contribution in [3.8, 4) is 10.7 Å². The lowest BCUT2D eigenvalue weighted by atomic mass is 9.92. The molecule has 4 rings (SSSR count). The molecule has 2 aromatic heterocycles. The van der Waals surface area contributed by atoms with Crippen LogP contribution in [0.5, 0.6) is 0 Å². The third-order valence-corrected chi connectivity index (χ3v) is 6.05. The summed E-state index contributed by atoms with van der Waals surface area (Å²) in [6.45, 7) is 0.662. The van der Waals surface area contributed by atoms with Crippen LogP contribution < -0.4 is 10.9 Å². The van der Waals surface area contributed by atoms with Crippen LogP contribution in [0.25, 0.3) is 20.8 Å². The number of nitrogens with zero attached hydrogens (tertiary/aromatic N) is 2. The zero-order chi connectivity index (χ0) is 18.3. The van der Waals surface area contributed by atoms with E-state index in [2.05, 4.69) is 31.2 Å². The molecule has 3 aromatic rings. The van der Waals surface area contributed by atoms with E-state index in [4.69, 9.17) is 0 Å². The molecule has 26 heavy (non-hydrogen) atoms. The van der Waals surface area contributed by atoms with Gasteiger partial charge in [0.1, 0.15) is 11.0 Å². The molecule has 6 nitrogen and oxygen atoms in total. The van der Waals surface area contributed by atoms with Gasteiger partial charge in [-0.25, -0.2) is 0 Å². The minimum Gasteiger partial charge on any atom is -0.480 e. The van der Waals surface area contributed by atoms with Gasteiger partial charge >= 0.3 is 5.97 Å². The number of carbonyl (C=O) groups is 1. The number of hydrogen-bond donors (Lipinski definition) is 2. The molecule has 0 spiro atoms. The number of aromatic nitrogens is 2. The lowest BCUT2D eigenvalue weighted by Crippen LogP contribution is -2.34. The number of carboxylic acid groups (broad SMARTS) is 1. The van der Waals surface area contributed by atoms with Gasteiger partial charge in [-0.1, -0.05) is 15.9 Å². The topological polar surface area (TPSA) is 92.2 Å². The van der Waals surface area contributed by atoms with E-state index in [1.807, 2.05) is 24.3 Å². The van der Waals surface area contributed by atoms with Gasteiger partial charge < -0.3 is 10.4 Å². The Bertz CT molecular complexity index is 1070. The Morgan fingerprint density at radius 1 is 1.31 bits per heavy atom. The van der Waals surface area contributed by atoms with E-state index < -0.39 is 12.0 Å². The monoisotopic (exact) mass is 431 g/mol. The summed E-state index contributed by atoms with van der Waals surface area (Å²) in [5, 5.41) is 13.5. The SMILES string of the molecule is O=C(O)[C@H]1NCCC1c1ccnc(-c2nc(=O)c3ccc(Br)cc3s2)c1. The first-order valence-corrected chi connectivity index (χ1v) is 9.67. The summed E-state index contributed by atoms with van der Waals surface area (Å²) in [5.41, 5.74) is 1.19. The van der Waals surface area contributed by atoms with Crippen molar-refractivity contribution in [1.29, 1.82) is 0 Å². The number of hydrogen-bond acceptors (Lipinski definition) is 6. The van der Waals surface area contributed by atoms with Crippen LogP contribution in [-0.4, -0.2) is 33.6 Å². The molecule has 1 saturated heterocycles. The smallest absolute Gasteiger partial charge is 0.321 e. The van der Waals surface area contributed by atoms with Gasteiger partial charge in [0.05, 0.1) is 11.1 Å². The number of nitrogens with one attached hydrogen (secondary N) is 1. The molecule has 1 aromatic carbocycles. The van der Waals surface area contributed by atoms with Crippen molar-refractivity contribution in [2.24, 2.45) is 0 Å². The zero-order valence-corrected chi connectivity index (χ0v) is 15.9. The van der Waals surface area contributed by atoms with Gasteiger partial charge in [-0.2, -0.15) is 4.98 Å². The third kappa shape index (κ3) is 3.15. The minimum absolute atomic E-state index is 0.124. The summed E-state index contributed by atoms with van der Waals surface area (Å²) in [5.74, 6) is -0.982. The third-order valence-electron chi connectivity index (χ3n) is 4.50. The van der Waals surface area contributed by atoms with Crippen molar-refractivity contribution in [3.63, 3.8) is 0 Å². The Kier molecular flexibility index (Phi) is 4.56. The summed E-state index contributed by atoms with van der Waals surface area (Å²) in [6.07, 6.45) is 2.39. The standard InChI is InChI=1S/C18H14BrN3O3S/c19-10-1-2-12-14(8-10)26-17(22-16(12)23)13-7-9(3-5-20-13)11-4-6-21-15(11)18(24)25/h1-3,5,7-8,11,15,21H,4,6H2,(H,24,25)/t11?,15-/m0/s1. The highest BCUT2D eigenvalue weighted by atomic mass is 79.9. The maximum absolute atomic E-state index is 12.3. The highest BCUT2D eigenvalue weighted by Crippen LogP contribution is 2.32. The van der Waals surface area contributed by atoms with E-state index in [-0.39, 0.29) is 11.5 Å². The fourth-order valence-corrected chi connectivity index (χ4v) is 4.78. The molecule has 1 aliphatic rings. The van der Waals surface area contributed by atoms with Crippen LogP contribution in [0.1, 0.15) is 17.9 Å². The van der Waals surface area contributed by atoms with E-state index in [9.17, 15) is 14.7 Å². The summed E-state index contributed by atoms with van der Waals surface area (Å²) in [6, 6.07) is 8.52. The normalized spacial score (nSPS) is 19.7. The quantitative estimate of drug-likeness (QED) is 0.661. The number of fused-ring (bicyclic) bond motifs is 1. The molecule has 1 aliphatic heterocycles. The van der Waals surface area contributed by atoms with E-state index in [0.717, 1.165) is 21.2 Å². The van der Waals surface area contributed by atoms with E-state index in [0.29, 0.717) is 22.6 Å². The molecule has 1 fully saturated rings. The van der Waals surface area contributed by atoms with E-state index in [1.54, 1.807) is 12.3 Å². The highest BCUT2D eigenvalue weighted by molar-refractivity contribution is 9.10. The molecule has 8 heteroatoms. The van der Waals surface area contributed by atoms with Crippen LogP contribution in [-0.2, 0) is 4.79 Å². The summed E-state index contributed by atoms with van der Waals surface area (Å²) < 4.78 is 1.72. The van der Waals surface area contributed by atoms with Gasteiger partial charge in [0.15, 0.2) is 0 Å². The first kappa shape index (κ1) is 17.3. The Morgan fingerprint density at radius 2 is 2.15 bits per heavy atom. The van der Waals surface area contributed by atoms with Crippen LogP contribution in [0.4, 0.5) is 0 Å². The fraction of sp³-hybridized carbons (Fsp3) is 0.222. The van der Waals surface area contributed by atoms with Crippen molar-refractivity contribution < 1.29 is 9.90 Å². The first-order chi connectivity index (χ1) is 12.5. The molecule has 0 saturated carbocycles.